The maximum absolute atomic E-state index is 5.80. The third-order valence-electron chi connectivity index (χ3n) is 4.08. The van der Waals surface area contributed by atoms with Crippen LogP contribution in [-0.2, 0) is 0 Å². The van der Waals surface area contributed by atoms with Crippen molar-refractivity contribution in [2.45, 2.75) is 0 Å². The summed E-state index contributed by atoms with van der Waals surface area (Å²) in [5.41, 5.74) is 1.41. The van der Waals surface area contributed by atoms with Gasteiger partial charge in [-0.25, -0.2) is 0 Å². The second-order valence-electron chi connectivity index (χ2n) is 5.35. The van der Waals surface area contributed by atoms with Crippen molar-refractivity contribution in [3.05, 3.63) is 54.7 Å². The zero-order valence-electron chi connectivity index (χ0n) is 11.6. The van der Waals surface area contributed by atoms with Crippen LogP contribution in [0.15, 0.2) is 54.7 Å². The Morgan fingerprint density at radius 1 is 0.818 bits per heavy atom. The van der Waals surface area contributed by atoms with E-state index < -0.39 is 0 Å². The van der Waals surface area contributed by atoms with Crippen molar-refractivity contribution >= 4 is 66.8 Å². The third-order valence-corrected chi connectivity index (χ3v) is 5.19. The summed E-state index contributed by atoms with van der Waals surface area (Å²) < 4.78 is 1.23. The lowest BCUT2D eigenvalue weighted by molar-refractivity contribution is 1.37. The normalized spacial score (nSPS) is 11.8. The molecule has 0 bridgehead atoms. The molecule has 5 aromatic rings. The Kier molecular flexibility index (Phi) is 2.36. The van der Waals surface area contributed by atoms with Crippen LogP contribution in [0.3, 0.4) is 0 Å². The van der Waals surface area contributed by atoms with E-state index in [1.165, 1.54) is 31.6 Å². The number of rotatable bonds is 0. The summed E-state index contributed by atoms with van der Waals surface area (Å²) >= 11 is 1.67. The fourth-order valence-electron chi connectivity index (χ4n) is 3.17. The van der Waals surface area contributed by atoms with E-state index in [1.54, 1.807) is 17.5 Å². The van der Waals surface area contributed by atoms with Gasteiger partial charge >= 0.3 is 0 Å². The monoisotopic (exact) mass is 296 g/mol. The molecule has 0 aliphatic heterocycles. The molecule has 3 aromatic carbocycles. The third kappa shape index (κ3) is 1.50. The highest BCUT2D eigenvalue weighted by Gasteiger charge is 2.15. The Labute approximate surface area is 131 Å². The smallest absolute Gasteiger partial charge is 0.144 e. The number of hydrogen-bond acceptors (Lipinski definition) is 3. The lowest BCUT2D eigenvalue weighted by atomic mass is 9.98. The summed E-state index contributed by atoms with van der Waals surface area (Å²) in [5, 5.41) is 6.18. The lowest BCUT2D eigenvalue weighted by Gasteiger charge is -2.06. The SMILES string of the molecule is [B]c1cnc2c(n1)sc1c3ccccc3c3ccccc3c21. The number of aromatic nitrogens is 2. The Hall–Kier alpha value is -2.46. The number of nitrogens with zero attached hydrogens (tertiary/aromatic N) is 2. The van der Waals surface area contributed by atoms with Gasteiger partial charge in [-0.2, -0.15) is 0 Å². The highest BCUT2D eigenvalue weighted by Crippen LogP contribution is 2.41. The lowest BCUT2D eigenvalue weighted by Crippen LogP contribution is -2.07. The van der Waals surface area contributed by atoms with E-state index in [0.717, 1.165) is 10.3 Å². The van der Waals surface area contributed by atoms with Gasteiger partial charge in [-0.05, 0) is 16.2 Å². The van der Waals surface area contributed by atoms with Crippen LogP contribution < -0.4 is 5.59 Å². The van der Waals surface area contributed by atoms with Gasteiger partial charge < -0.3 is 0 Å². The fourth-order valence-corrected chi connectivity index (χ4v) is 4.37. The molecule has 0 aliphatic rings. The standard InChI is InChI=1S/C18H9BN2S/c19-14-9-20-16-15-12-7-3-1-5-10(12)11-6-2-4-8-13(11)17(15)22-18(16)21-14/h1-9H. The first-order valence-corrected chi connectivity index (χ1v) is 7.89. The van der Waals surface area contributed by atoms with Gasteiger partial charge in [0.05, 0.1) is 0 Å². The molecule has 22 heavy (non-hydrogen) atoms. The molecule has 0 amide bonds. The summed E-state index contributed by atoms with van der Waals surface area (Å²) in [6.45, 7) is 0. The van der Waals surface area contributed by atoms with E-state index in [9.17, 15) is 0 Å². The molecule has 4 heteroatoms. The largest absolute Gasteiger partial charge is 0.252 e. The summed E-state index contributed by atoms with van der Waals surface area (Å²) in [6, 6.07) is 17.0. The molecule has 2 aromatic heterocycles. The molecule has 0 spiro atoms. The zero-order chi connectivity index (χ0) is 14.7. The predicted octanol–water partition coefficient (Wildman–Crippen LogP) is 3.94. The molecule has 0 N–H and O–H groups in total. The van der Waals surface area contributed by atoms with Gasteiger partial charge in [0, 0.05) is 27.3 Å². The van der Waals surface area contributed by atoms with Gasteiger partial charge in [0.2, 0.25) is 0 Å². The van der Waals surface area contributed by atoms with Crippen molar-refractivity contribution in [1.29, 1.82) is 0 Å². The molecule has 0 saturated heterocycles. The minimum atomic E-state index is 0.465. The Morgan fingerprint density at radius 3 is 2.23 bits per heavy atom. The Bertz CT molecular complexity index is 1190. The van der Waals surface area contributed by atoms with E-state index in [2.05, 4.69) is 58.5 Å². The second-order valence-corrected chi connectivity index (χ2v) is 6.35. The molecule has 5 rings (SSSR count). The number of thiophene rings is 1. The molecule has 0 aliphatic carbocycles. The van der Waals surface area contributed by atoms with Crippen LogP contribution >= 0.6 is 11.3 Å². The highest BCUT2D eigenvalue weighted by atomic mass is 32.1. The molecule has 2 nitrogen and oxygen atoms in total. The highest BCUT2D eigenvalue weighted by molar-refractivity contribution is 7.26. The summed E-state index contributed by atoms with van der Waals surface area (Å²) in [5.74, 6) is 0. The Balaban J connectivity index is 2.21. The zero-order valence-corrected chi connectivity index (χ0v) is 12.4. The van der Waals surface area contributed by atoms with Crippen molar-refractivity contribution in [3.63, 3.8) is 0 Å². The van der Waals surface area contributed by atoms with Gasteiger partial charge in [-0.15, -0.1) is 11.3 Å². The average Bonchev–Trinajstić information content (AvgIpc) is 2.94. The van der Waals surface area contributed by atoms with E-state index in [4.69, 9.17) is 7.85 Å². The number of benzene rings is 3. The topological polar surface area (TPSA) is 25.8 Å². The van der Waals surface area contributed by atoms with Crippen molar-refractivity contribution in [2.75, 3.05) is 0 Å². The molecule has 0 unspecified atom stereocenters. The molecule has 0 atom stereocenters. The van der Waals surface area contributed by atoms with Crippen LogP contribution in [0.2, 0.25) is 0 Å². The van der Waals surface area contributed by atoms with E-state index >= 15 is 0 Å². The number of hydrogen-bond donors (Lipinski definition) is 0. The minimum absolute atomic E-state index is 0.465. The molecular weight excluding hydrogens is 287 g/mol. The summed E-state index contributed by atoms with van der Waals surface area (Å²) in [4.78, 5) is 9.91. The van der Waals surface area contributed by atoms with E-state index in [0.29, 0.717) is 5.59 Å². The van der Waals surface area contributed by atoms with Crippen LogP contribution in [0.4, 0.5) is 0 Å². The van der Waals surface area contributed by atoms with Crippen LogP contribution in [0.25, 0.3) is 42.0 Å². The van der Waals surface area contributed by atoms with Gasteiger partial charge in [0.1, 0.15) is 18.2 Å². The van der Waals surface area contributed by atoms with Gasteiger partial charge in [0.25, 0.3) is 0 Å². The van der Waals surface area contributed by atoms with Crippen molar-refractivity contribution in [1.82, 2.24) is 9.97 Å². The molecule has 2 radical (unpaired) electrons. The average molecular weight is 296 g/mol. The molecule has 100 valence electrons. The van der Waals surface area contributed by atoms with Crippen LogP contribution in [0, 0.1) is 0 Å². The first-order chi connectivity index (χ1) is 10.8. The first kappa shape index (κ1) is 12.1. The maximum atomic E-state index is 5.80. The maximum Gasteiger partial charge on any atom is 0.144 e. The minimum Gasteiger partial charge on any atom is -0.252 e. The van der Waals surface area contributed by atoms with Crippen LogP contribution in [0.1, 0.15) is 0 Å². The van der Waals surface area contributed by atoms with E-state index in [-0.39, 0.29) is 0 Å². The van der Waals surface area contributed by atoms with Crippen molar-refractivity contribution in [2.24, 2.45) is 0 Å². The van der Waals surface area contributed by atoms with Crippen LogP contribution in [0.5, 0.6) is 0 Å². The summed E-state index contributed by atoms with van der Waals surface area (Å²) in [7, 11) is 5.80. The first-order valence-electron chi connectivity index (χ1n) is 7.07. The molecule has 0 saturated carbocycles. The molecular formula is C18H9BN2S. The van der Waals surface area contributed by atoms with Crippen molar-refractivity contribution in [3.8, 4) is 0 Å². The molecule has 0 fully saturated rings. The van der Waals surface area contributed by atoms with Gasteiger partial charge in [-0.3, -0.25) is 9.97 Å². The predicted molar refractivity (Wildman–Crippen MR) is 95.3 cm³/mol. The van der Waals surface area contributed by atoms with E-state index in [1.807, 2.05) is 0 Å². The van der Waals surface area contributed by atoms with Gasteiger partial charge in [0.15, 0.2) is 0 Å². The Morgan fingerprint density at radius 2 is 1.45 bits per heavy atom. The number of fused-ring (bicyclic) bond motifs is 8. The quantitative estimate of drug-likeness (QED) is 0.319. The summed E-state index contributed by atoms with van der Waals surface area (Å²) in [6.07, 6.45) is 1.64. The molecule has 2 heterocycles. The van der Waals surface area contributed by atoms with Gasteiger partial charge in [-0.1, -0.05) is 48.5 Å². The fraction of sp³-hybridized carbons (Fsp3) is 0. The second kappa shape index (κ2) is 4.27. The van der Waals surface area contributed by atoms with Crippen LogP contribution in [-0.4, -0.2) is 17.8 Å². The van der Waals surface area contributed by atoms with Crippen molar-refractivity contribution < 1.29 is 0 Å².